The van der Waals surface area contributed by atoms with Gasteiger partial charge in [-0.15, -0.1) is 12.4 Å². The number of benzene rings is 1. The Morgan fingerprint density at radius 2 is 1.80 bits per heavy atom. The van der Waals surface area contributed by atoms with Gasteiger partial charge in [-0.3, -0.25) is 4.79 Å². The van der Waals surface area contributed by atoms with E-state index in [-0.39, 0.29) is 55.4 Å². The van der Waals surface area contributed by atoms with E-state index in [1.165, 1.54) is 23.5 Å². The summed E-state index contributed by atoms with van der Waals surface area (Å²) in [4.78, 5) is 14.0. The molecule has 10 heteroatoms. The maximum absolute atomic E-state index is 12.6. The Hall–Kier alpha value is -0.900. The number of amides is 1. The molecule has 0 radical (unpaired) electrons. The molecule has 1 aromatic carbocycles. The van der Waals surface area contributed by atoms with Crippen LogP contribution in [0.25, 0.3) is 0 Å². The predicted molar refractivity (Wildman–Crippen MR) is 98.5 cm³/mol. The fraction of sp³-hybridized carbons (Fsp3) is 0.533. The molecular formula is C15H23Cl2N3O4S. The summed E-state index contributed by atoms with van der Waals surface area (Å²) in [5.74, 6) is -0.0733. The number of halogens is 2. The van der Waals surface area contributed by atoms with Crippen molar-refractivity contribution in [3.05, 3.63) is 29.3 Å². The van der Waals surface area contributed by atoms with Gasteiger partial charge in [0.25, 0.3) is 0 Å². The molecule has 0 aromatic heterocycles. The van der Waals surface area contributed by atoms with E-state index in [0.717, 1.165) is 0 Å². The summed E-state index contributed by atoms with van der Waals surface area (Å²) < 4.78 is 31.7. The third kappa shape index (κ3) is 5.54. The maximum Gasteiger partial charge on any atom is 0.243 e. The van der Waals surface area contributed by atoms with E-state index in [2.05, 4.69) is 0 Å². The zero-order valence-corrected chi connectivity index (χ0v) is 16.3. The molecule has 1 aliphatic rings. The molecule has 2 rings (SSSR count). The smallest absolute Gasteiger partial charge is 0.243 e. The lowest BCUT2D eigenvalue weighted by atomic mass is 10.2. The van der Waals surface area contributed by atoms with E-state index in [1.807, 2.05) is 0 Å². The summed E-state index contributed by atoms with van der Waals surface area (Å²) in [7, 11) is -2.05. The molecule has 0 spiro atoms. The number of rotatable bonds is 6. The largest absolute Gasteiger partial charge is 0.380 e. The Labute approximate surface area is 159 Å². The molecule has 0 bridgehead atoms. The van der Waals surface area contributed by atoms with Gasteiger partial charge in [-0.25, -0.2) is 8.42 Å². The van der Waals surface area contributed by atoms with Crippen molar-refractivity contribution in [1.82, 2.24) is 9.21 Å². The highest BCUT2D eigenvalue weighted by Crippen LogP contribution is 2.20. The van der Waals surface area contributed by atoms with Gasteiger partial charge in [0.2, 0.25) is 15.9 Å². The lowest BCUT2D eigenvalue weighted by Crippen LogP contribution is -2.51. The van der Waals surface area contributed by atoms with Crippen LogP contribution in [0, 0.1) is 0 Å². The Bertz CT molecular complexity index is 658. The number of sulfonamides is 1. The van der Waals surface area contributed by atoms with E-state index < -0.39 is 10.0 Å². The monoisotopic (exact) mass is 411 g/mol. The molecule has 7 nitrogen and oxygen atoms in total. The van der Waals surface area contributed by atoms with Crippen LogP contribution in [0.3, 0.4) is 0 Å². The van der Waals surface area contributed by atoms with E-state index in [1.54, 1.807) is 17.0 Å². The number of methoxy groups -OCH3 is 1. The molecule has 1 aromatic rings. The van der Waals surface area contributed by atoms with Crippen LogP contribution in [0.5, 0.6) is 0 Å². The summed E-state index contributed by atoms with van der Waals surface area (Å²) in [6.45, 7) is 1.50. The van der Waals surface area contributed by atoms with Crippen molar-refractivity contribution in [3.63, 3.8) is 0 Å². The Balaban J connectivity index is 0.00000312. The first-order chi connectivity index (χ1) is 11.4. The Kier molecular flexibility index (Phi) is 8.59. The normalized spacial score (nSPS) is 17.0. The van der Waals surface area contributed by atoms with Crippen molar-refractivity contribution in [1.29, 1.82) is 0 Å². The van der Waals surface area contributed by atoms with Gasteiger partial charge in [-0.05, 0) is 24.3 Å². The van der Waals surface area contributed by atoms with Crippen LogP contribution in [-0.4, -0.2) is 69.5 Å². The summed E-state index contributed by atoms with van der Waals surface area (Å²) in [5, 5.41) is 0.483. The lowest BCUT2D eigenvalue weighted by molar-refractivity contribution is -0.134. The quantitative estimate of drug-likeness (QED) is 0.752. The van der Waals surface area contributed by atoms with Crippen LogP contribution in [0.4, 0.5) is 0 Å². The SMILES string of the molecule is COC(CN)CC(=O)N1CCN(S(=O)(=O)c2ccc(Cl)cc2)CC1.Cl. The molecule has 1 unspecified atom stereocenters. The van der Waals surface area contributed by atoms with Crippen molar-refractivity contribution in [2.45, 2.75) is 17.4 Å². The number of hydrogen-bond donors (Lipinski definition) is 1. The van der Waals surface area contributed by atoms with Gasteiger partial charge in [0.1, 0.15) is 0 Å². The number of nitrogens with two attached hydrogens (primary N) is 1. The Morgan fingerprint density at radius 3 is 2.28 bits per heavy atom. The number of carbonyl (C=O) groups is 1. The number of nitrogens with zero attached hydrogens (tertiary/aromatic N) is 2. The number of ether oxygens (including phenoxy) is 1. The van der Waals surface area contributed by atoms with E-state index >= 15 is 0 Å². The molecule has 142 valence electrons. The van der Waals surface area contributed by atoms with Gasteiger partial charge in [0.15, 0.2) is 0 Å². The van der Waals surface area contributed by atoms with Crippen LogP contribution in [-0.2, 0) is 19.6 Å². The molecule has 1 fully saturated rings. The first-order valence-electron chi connectivity index (χ1n) is 7.65. The molecule has 0 saturated carbocycles. The number of piperazine rings is 1. The average molecular weight is 412 g/mol. The fourth-order valence-electron chi connectivity index (χ4n) is 2.52. The van der Waals surface area contributed by atoms with Gasteiger partial charge in [-0.2, -0.15) is 4.31 Å². The zero-order valence-electron chi connectivity index (χ0n) is 13.9. The van der Waals surface area contributed by atoms with Crippen molar-refractivity contribution >= 4 is 39.9 Å². The predicted octanol–water partition coefficient (Wildman–Crippen LogP) is 0.958. The fourth-order valence-corrected chi connectivity index (χ4v) is 4.07. The molecule has 1 amide bonds. The third-order valence-corrected chi connectivity index (χ3v) is 6.21. The molecule has 1 saturated heterocycles. The molecule has 25 heavy (non-hydrogen) atoms. The second kappa shape index (κ2) is 9.70. The highest BCUT2D eigenvalue weighted by Gasteiger charge is 2.30. The zero-order chi connectivity index (χ0) is 17.7. The lowest BCUT2D eigenvalue weighted by Gasteiger charge is -2.34. The first-order valence-corrected chi connectivity index (χ1v) is 9.46. The number of carbonyl (C=O) groups excluding carboxylic acids is 1. The Morgan fingerprint density at radius 1 is 1.24 bits per heavy atom. The van der Waals surface area contributed by atoms with Crippen LogP contribution in [0.15, 0.2) is 29.2 Å². The van der Waals surface area contributed by atoms with Crippen LogP contribution in [0.2, 0.25) is 5.02 Å². The van der Waals surface area contributed by atoms with E-state index in [9.17, 15) is 13.2 Å². The van der Waals surface area contributed by atoms with Gasteiger partial charge in [0.05, 0.1) is 17.4 Å². The minimum atomic E-state index is -3.57. The summed E-state index contributed by atoms with van der Waals surface area (Å²) in [6.07, 6.45) is -0.106. The highest BCUT2D eigenvalue weighted by molar-refractivity contribution is 7.89. The molecule has 1 heterocycles. The summed E-state index contributed by atoms with van der Waals surface area (Å²) in [6, 6.07) is 6.07. The van der Waals surface area contributed by atoms with Crippen LogP contribution in [0.1, 0.15) is 6.42 Å². The maximum atomic E-state index is 12.6. The average Bonchev–Trinajstić information content (AvgIpc) is 2.60. The topological polar surface area (TPSA) is 92.9 Å². The second-order valence-electron chi connectivity index (χ2n) is 5.54. The molecule has 2 N–H and O–H groups in total. The summed E-state index contributed by atoms with van der Waals surface area (Å²) >= 11 is 5.80. The molecule has 1 atom stereocenters. The van der Waals surface area contributed by atoms with Gasteiger partial charge < -0.3 is 15.4 Å². The summed E-state index contributed by atoms with van der Waals surface area (Å²) in [5.41, 5.74) is 5.52. The van der Waals surface area contributed by atoms with Crippen LogP contribution >= 0.6 is 24.0 Å². The third-order valence-electron chi connectivity index (χ3n) is 4.04. The number of hydrogen-bond acceptors (Lipinski definition) is 5. The van der Waals surface area contributed by atoms with E-state index in [0.29, 0.717) is 18.1 Å². The minimum absolute atomic E-state index is 0. The molecule has 0 aliphatic carbocycles. The minimum Gasteiger partial charge on any atom is -0.380 e. The first kappa shape index (κ1) is 22.1. The molecule has 1 aliphatic heterocycles. The van der Waals surface area contributed by atoms with Gasteiger partial charge in [0, 0.05) is 44.9 Å². The van der Waals surface area contributed by atoms with Gasteiger partial charge >= 0.3 is 0 Å². The van der Waals surface area contributed by atoms with Crippen LogP contribution < -0.4 is 5.73 Å². The van der Waals surface area contributed by atoms with Crippen molar-refractivity contribution in [2.24, 2.45) is 5.73 Å². The van der Waals surface area contributed by atoms with Gasteiger partial charge in [-0.1, -0.05) is 11.6 Å². The second-order valence-corrected chi connectivity index (χ2v) is 7.91. The van der Waals surface area contributed by atoms with Crippen molar-refractivity contribution in [2.75, 3.05) is 39.8 Å². The van der Waals surface area contributed by atoms with Crippen molar-refractivity contribution < 1.29 is 17.9 Å². The molecular weight excluding hydrogens is 389 g/mol. The standard InChI is InChI=1S/C15H22ClN3O4S.ClH/c1-23-13(11-17)10-15(20)18-6-8-19(9-7-18)24(21,22)14-4-2-12(16)3-5-14;/h2-5,13H,6-11,17H2,1H3;1H. The van der Waals surface area contributed by atoms with Crippen molar-refractivity contribution in [3.8, 4) is 0 Å². The van der Waals surface area contributed by atoms with E-state index in [4.69, 9.17) is 22.1 Å². The highest BCUT2D eigenvalue weighted by atomic mass is 35.5.